The second-order valence-electron chi connectivity index (χ2n) is 5.95. The van der Waals surface area contributed by atoms with Gasteiger partial charge in [0.1, 0.15) is 5.37 Å². The first-order valence-corrected chi connectivity index (χ1v) is 9.55. The molecular weight excluding hydrogens is 362 g/mol. The lowest BCUT2D eigenvalue weighted by atomic mass is 10.1. The number of halogens is 1. The van der Waals surface area contributed by atoms with Gasteiger partial charge in [-0.05, 0) is 41.5 Å². The number of amides is 1. The van der Waals surface area contributed by atoms with E-state index in [4.69, 9.17) is 11.6 Å². The third-order valence-corrected chi connectivity index (χ3v) is 5.69. The zero-order valence-electron chi connectivity index (χ0n) is 13.9. The van der Waals surface area contributed by atoms with Gasteiger partial charge in [0.05, 0.1) is 4.91 Å². The topological polar surface area (TPSA) is 20.3 Å². The fourth-order valence-electron chi connectivity index (χ4n) is 2.93. The summed E-state index contributed by atoms with van der Waals surface area (Å²) >= 11 is 7.54. The standard InChI is InChI=1S/C22H16ClNOS/c23-18-13-11-16(12-14-18)15-20-21(25)24(19-9-5-2-6-10-19)22(26-20)17-7-3-1-4-8-17/h1-15,22H/b20-15-/t22-/m1/s1. The average Bonchev–Trinajstić information content (AvgIpc) is 3.01. The summed E-state index contributed by atoms with van der Waals surface area (Å²) in [7, 11) is 0. The van der Waals surface area contributed by atoms with Gasteiger partial charge in [0.2, 0.25) is 0 Å². The smallest absolute Gasteiger partial charge is 0.266 e. The van der Waals surface area contributed by atoms with E-state index < -0.39 is 0 Å². The molecule has 0 bridgehead atoms. The number of rotatable bonds is 3. The Morgan fingerprint density at radius 3 is 2.12 bits per heavy atom. The Hall–Kier alpha value is -2.49. The van der Waals surface area contributed by atoms with E-state index in [1.165, 1.54) is 0 Å². The molecule has 0 unspecified atom stereocenters. The number of hydrogen-bond acceptors (Lipinski definition) is 2. The molecule has 128 valence electrons. The third-order valence-electron chi connectivity index (χ3n) is 4.19. The van der Waals surface area contributed by atoms with E-state index >= 15 is 0 Å². The van der Waals surface area contributed by atoms with Crippen molar-refractivity contribution in [2.75, 3.05) is 4.90 Å². The minimum Gasteiger partial charge on any atom is -0.291 e. The SMILES string of the molecule is O=C1/C(=C/c2ccc(Cl)cc2)S[C@H](c2ccccc2)N1c1ccccc1. The number of carbonyl (C=O) groups is 1. The van der Waals surface area contributed by atoms with Gasteiger partial charge < -0.3 is 0 Å². The summed E-state index contributed by atoms with van der Waals surface area (Å²) < 4.78 is 0. The lowest BCUT2D eigenvalue weighted by molar-refractivity contribution is -0.114. The number of anilines is 1. The summed E-state index contributed by atoms with van der Waals surface area (Å²) in [4.78, 5) is 15.8. The minimum atomic E-state index is -0.0790. The number of thioether (sulfide) groups is 1. The van der Waals surface area contributed by atoms with Crippen LogP contribution >= 0.6 is 23.4 Å². The molecule has 0 saturated carbocycles. The number of carbonyl (C=O) groups excluding carboxylic acids is 1. The maximum Gasteiger partial charge on any atom is 0.266 e. The van der Waals surface area contributed by atoms with Crippen LogP contribution in [0.25, 0.3) is 6.08 Å². The van der Waals surface area contributed by atoms with Crippen molar-refractivity contribution in [1.82, 2.24) is 0 Å². The lowest BCUT2D eigenvalue weighted by Gasteiger charge is -2.23. The molecule has 3 aromatic rings. The van der Waals surface area contributed by atoms with Crippen molar-refractivity contribution in [1.29, 1.82) is 0 Å². The van der Waals surface area contributed by atoms with E-state index in [-0.39, 0.29) is 11.3 Å². The number of benzene rings is 3. The number of nitrogens with zero attached hydrogens (tertiary/aromatic N) is 1. The summed E-state index contributed by atoms with van der Waals surface area (Å²) in [6.45, 7) is 0. The molecule has 1 aliphatic rings. The summed E-state index contributed by atoms with van der Waals surface area (Å²) in [5.74, 6) is 0.0185. The molecule has 4 rings (SSSR count). The van der Waals surface area contributed by atoms with Gasteiger partial charge in [0, 0.05) is 10.7 Å². The van der Waals surface area contributed by atoms with Gasteiger partial charge in [0.15, 0.2) is 0 Å². The highest BCUT2D eigenvalue weighted by Crippen LogP contribution is 2.48. The van der Waals surface area contributed by atoms with Gasteiger partial charge in [-0.25, -0.2) is 0 Å². The summed E-state index contributed by atoms with van der Waals surface area (Å²) in [6.07, 6.45) is 1.93. The summed E-state index contributed by atoms with van der Waals surface area (Å²) in [5, 5.41) is 0.607. The van der Waals surface area contributed by atoms with E-state index in [2.05, 4.69) is 12.1 Å². The highest BCUT2D eigenvalue weighted by molar-refractivity contribution is 8.05. The van der Waals surface area contributed by atoms with E-state index in [0.29, 0.717) is 5.02 Å². The van der Waals surface area contributed by atoms with Crippen LogP contribution in [-0.4, -0.2) is 5.91 Å². The summed E-state index contributed by atoms with van der Waals surface area (Å²) in [5.41, 5.74) is 2.97. The molecule has 0 spiro atoms. The molecule has 1 amide bonds. The van der Waals surface area contributed by atoms with E-state index in [0.717, 1.165) is 21.7 Å². The van der Waals surface area contributed by atoms with E-state index in [1.807, 2.05) is 83.8 Å². The van der Waals surface area contributed by atoms with Crippen LogP contribution in [0.3, 0.4) is 0 Å². The first kappa shape index (κ1) is 17.0. The van der Waals surface area contributed by atoms with Crippen LogP contribution in [0.2, 0.25) is 5.02 Å². The fraction of sp³-hybridized carbons (Fsp3) is 0.0455. The van der Waals surface area contributed by atoms with E-state index in [1.54, 1.807) is 11.8 Å². The molecular formula is C22H16ClNOS. The Morgan fingerprint density at radius 1 is 0.846 bits per heavy atom. The van der Waals surface area contributed by atoms with Crippen LogP contribution in [0.15, 0.2) is 89.8 Å². The van der Waals surface area contributed by atoms with Crippen molar-refractivity contribution < 1.29 is 4.79 Å². The molecule has 0 radical (unpaired) electrons. The Labute approximate surface area is 162 Å². The maximum absolute atomic E-state index is 13.2. The molecule has 1 fully saturated rings. The van der Waals surface area contributed by atoms with Crippen LogP contribution in [0.5, 0.6) is 0 Å². The fourth-order valence-corrected chi connectivity index (χ4v) is 4.32. The van der Waals surface area contributed by atoms with Gasteiger partial charge in [0.25, 0.3) is 5.91 Å². The third kappa shape index (κ3) is 3.41. The molecule has 26 heavy (non-hydrogen) atoms. The molecule has 0 aromatic heterocycles. The zero-order valence-corrected chi connectivity index (χ0v) is 15.5. The minimum absolute atomic E-state index is 0.0185. The highest BCUT2D eigenvalue weighted by Gasteiger charge is 2.38. The van der Waals surface area contributed by atoms with Crippen molar-refractivity contribution >= 4 is 41.0 Å². The molecule has 1 saturated heterocycles. The molecule has 0 N–H and O–H groups in total. The average molecular weight is 378 g/mol. The van der Waals surface area contributed by atoms with Gasteiger partial charge in [-0.2, -0.15) is 0 Å². The van der Waals surface area contributed by atoms with Gasteiger partial charge in [-0.15, -0.1) is 0 Å². The van der Waals surface area contributed by atoms with Gasteiger partial charge >= 0.3 is 0 Å². The predicted molar refractivity (Wildman–Crippen MR) is 110 cm³/mol. The first-order valence-electron chi connectivity index (χ1n) is 8.30. The van der Waals surface area contributed by atoms with Crippen LogP contribution in [0.1, 0.15) is 16.5 Å². The van der Waals surface area contributed by atoms with Crippen LogP contribution in [0, 0.1) is 0 Å². The Balaban J connectivity index is 1.75. The Morgan fingerprint density at radius 2 is 1.46 bits per heavy atom. The Kier molecular flexibility index (Phi) is 4.83. The van der Waals surface area contributed by atoms with Gasteiger partial charge in [-0.1, -0.05) is 84.0 Å². The van der Waals surface area contributed by atoms with Gasteiger partial charge in [-0.3, -0.25) is 9.69 Å². The number of para-hydroxylation sites is 1. The largest absolute Gasteiger partial charge is 0.291 e. The molecule has 4 heteroatoms. The first-order chi connectivity index (χ1) is 12.7. The molecule has 1 heterocycles. The monoisotopic (exact) mass is 377 g/mol. The Bertz CT molecular complexity index is 939. The molecule has 2 nitrogen and oxygen atoms in total. The normalized spacial score (nSPS) is 18.5. The molecule has 3 aromatic carbocycles. The second-order valence-corrected chi connectivity index (χ2v) is 7.51. The summed E-state index contributed by atoms with van der Waals surface area (Å²) in [6, 6.07) is 27.4. The van der Waals surface area contributed by atoms with Crippen LogP contribution < -0.4 is 4.90 Å². The van der Waals surface area contributed by atoms with Crippen molar-refractivity contribution in [2.45, 2.75) is 5.37 Å². The molecule has 1 aliphatic heterocycles. The predicted octanol–water partition coefficient (Wildman–Crippen LogP) is 6.16. The molecule has 1 atom stereocenters. The van der Waals surface area contributed by atoms with Crippen LogP contribution in [0.4, 0.5) is 5.69 Å². The van der Waals surface area contributed by atoms with Crippen molar-refractivity contribution in [3.05, 3.63) is 106 Å². The molecule has 0 aliphatic carbocycles. The highest BCUT2D eigenvalue weighted by atomic mass is 35.5. The van der Waals surface area contributed by atoms with Crippen molar-refractivity contribution in [2.24, 2.45) is 0 Å². The second kappa shape index (κ2) is 7.40. The van der Waals surface area contributed by atoms with E-state index in [9.17, 15) is 4.79 Å². The zero-order chi connectivity index (χ0) is 17.9. The van der Waals surface area contributed by atoms with Crippen molar-refractivity contribution in [3.8, 4) is 0 Å². The van der Waals surface area contributed by atoms with Crippen molar-refractivity contribution in [3.63, 3.8) is 0 Å². The number of hydrogen-bond donors (Lipinski definition) is 0. The lowest BCUT2D eigenvalue weighted by Crippen LogP contribution is -2.27. The van der Waals surface area contributed by atoms with Crippen LogP contribution in [-0.2, 0) is 4.79 Å². The quantitative estimate of drug-likeness (QED) is 0.509. The maximum atomic E-state index is 13.2.